The predicted molar refractivity (Wildman–Crippen MR) is 122 cm³/mol. The Morgan fingerprint density at radius 1 is 0.943 bits per heavy atom. The first-order valence-electron chi connectivity index (χ1n) is 11.2. The zero-order valence-electron chi connectivity index (χ0n) is 19.6. The number of fused-ring (bicyclic) bond motifs is 1. The minimum atomic E-state index is -0.860. The van der Waals surface area contributed by atoms with Crippen molar-refractivity contribution < 1.29 is 43.2 Å². The van der Waals surface area contributed by atoms with Crippen LogP contribution in [-0.2, 0) is 23.7 Å². The molecule has 2 aromatic carbocycles. The van der Waals surface area contributed by atoms with Crippen LogP contribution in [0.1, 0.15) is 40.1 Å². The van der Waals surface area contributed by atoms with E-state index in [9.17, 15) is 19.5 Å². The molecule has 2 aliphatic heterocycles. The molecule has 5 atom stereocenters. The Kier molecular flexibility index (Phi) is 7.34. The number of esters is 3. The number of carbonyl (C=O) groups excluding carboxylic acids is 3. The number of hydrogen-bond donors (Lipinski definition) is 2. The van der Waals surface area contributed by atoms with Crippen LogP contribution in [0.4, 0.5) is 5.69 Å². The first-order valence-corrected chi connectivity index (χ1v) is 11.2. The quantitative estimate of drug-likeness (QED) is 0.342. The van der Waals surface area contributed by atoms with Crippen molar-refractivity contribution in [3.05, 3.63) is 59.2 Å². The number of ether oxygens (including phenoxy) is 5. The van der Waals surface area contributed by atoms with Crippen molar-refractivity contribution in [2.24, 2.45) is 0 Å². The van der Waals surface area contributed by atoms with E-state index in [0.29, 0.717) is 5.69 Å². The predicted octanol–water partition coefficient (Wildman–Crippen LogP) is 2.22. The molecule has 0 bridgehead atoms. The molecule has 0 aromatic heterocycles. The molecule has 2 fully saturated rings. The molecule has 0 radical (unpaired) electrons. The van der Waals surface area contributed by atoms with Crippen LogP contribution in [0.2, 0.25) is 0 Å². The van der Waals surface area contributed by atoms with Gasteiger partial charge in [-0.1, -0.05) is 24.3 Å². The second kappa shape index (κ2) is 10.4. The maximum atomic E-state index is 12.9. The van der Waals surface area contributed by atoms with Gasteiger partial charge in [-0.2, -0.15) is 0 Å². The van der Waals surface area contributed by atoms with Crippen LogP contribution in [0.3, 0.4) is 0 Å². The summed E-state index contributed by atoms with van der Waals surface area (Å²) in [5, 5.41) is 12.6. The highest BCUT2D eigenvalue weighted by atomic mass is 16.7. The van der Waals surface area contributed by atoms with E-state index in [-0.39, 0.29) is 30.1 Å². The maximum absolute atomic E-state index is 12.9. The van der Waals surface area contributed by atoms with Crippen LogP contribution in [0, 0.1) is 6.92 Å². The lowest BCUT2D eigenvalue weighted by molar-refractivity contribution is -0.131. The van der Waals surface area contributed by atoms with Gasteiger partial charge in [-0.3, -0.25) is 4.79 Å². The number of para-hydroxylation sites is 2. The molecule has 2 saturated heterocycles. The summed E-state index contributed by atoms with van der Waals surface area (Å²) >= 11 is 0. The van der Waals surface area contributed by atoms with E-state index in [1.165, 1.54) is 19.1 Å². The monoisotopic (exact) mass is 485 g/mol. The summed E-state index contributed by atoms with van der Waals surface area (Å²) in [6.07, 6.45) is -3.53. The zero-order chi connectivity index (χ0) is 25.1. The lowest BCUT2D eigenvalue weighted by Crippen LogP contribution is -2.36. The Bertz CT molecular complexity index is 1120. The second-order valence-corrected chi connectivity index (χ2v) is 8.39. The van der Waals surface area contributed by atoms with E-state index in [0.717, 1.165) is 5.56 Å². The Labute approximate surface area is 202 Å². The minimum absolute atomic E-state index is 0.0597. The van der Waals surface area contributed by atoms with E-state index in [1.54, 1.807) is 31.2 Å². The number of aryl methyl sites for hydroxylation is 1. The van der Waals surface area contributed by atoms with Gasteiger partial charge < -0.3 is 34.1 Å². The van der Waals surface area contributed by atoms with Gasteiger partial charge in [-0.25, -0.2) is 9.59 Å². The highest BCUT2D eigenvalue weighted by molar-refractivity contribution is 5.96. The summed E-state index contributed by atoms with van der Waals surface area (Å²) in [4.78, 5) is 37.0. The van der Waals surface area contributed by atoms with Gasteiger partial charge in [0.05, 0.1) is 24.5 Å². The summed E-state index contributed by atoms with van der Waals surface area (Å²) < 4.78 is 27.9. The molecule has 0 spiro atoms. The molecule has 10 nitrogen and oxygen atoms in total. The number of hydrogen-bond acceptors (Lipinski definition) is 10. The molecule has 2 N–H and O–H groups in total. The summed E-state index contributed by atoms with van der Waals surface area (Å²) in [7, 11) is 0. The molecule has 0 amide bonds. The lowest BCUT2D eigenvalue weighted by atomic mass is 10.1. The summed E-state index contributed by atoms with van der Waals surface area (Å²) in [6, 6.07) is 11.4. The Morgan fingerprint density at radius 2 is 1.51 bits per heavy atom. The molecule has 2 heterocycles. The Hall–Kier alpha value is -3.47. The standard InChI is InChI=1S/C25H27NO9/c1-13-7-6-9-17(21(13)26-14(2)27)25(30)35-20-12-32-22-19(11-31-23(20)22)34-24(29)16-8-4-5-10-18(16)33-15(3)28/h4-10,14,19-20,22-23,26-27H,11-12H2,1-3H3/t14?,19?,20-,22-,23-/m1/s1. The molecular weight excluding hydrogens is 458 g/mol. The van der Waals surface area contributed by atoms with Gasteiger partial charge in [-0.05, 0) is 37.6 Å². The van der Waals surface area contributed by atoms with Gasteiger partial charge >= 0.3 is 17.9 Å². The largest absolute Gasteiger partial charge is 0.453 e. The highest BCUT2D eigenvalue weighted by Crippen LogP contribution is 2.33. The maximum Gasteiger partial charge on any atom is 0.342 e. The Morgan fingerprint density at radius 3 is 2.11 bits per heavy atom. The molecule has 4 rings (SSSR count). The third kappa shape index (κ3) is 5.45. The van der Waals surface area contributed by atoms with Crippen molar-refractivity contribution in [2.45, 2.75) is 51.4 Å². The van der Waals surface area contributed by atoms with Crippen molar-refractivity contribution in [2.75, 3.05) is 18.5 Å². The zero-order valence-corrected chi connectivity index (χ0v) is 19.6. The third-order valence-electron chi connectivity index (χ3n) is 5.69. The van der Waals surface area contributed by atoms with Crippen LogP contribution in [0.25, 0.3) is 0 Å². The molecule has 10 heteroatoms. The number of carbonyl (C=O) groups is 3. The minimum Gasteiger partial charge on any atom is -0.453 e. The van der Waals surface area contributed by atoms with Gasteiger partial charge in [0.2, 0.25) is 0 Å². The fraction of sp³-hybridized carbons (Fsp3) is 0.400. The topological polar surface area (TPSA) is 130 Å². The van der Waals surface area contributed by atoms with Crippen LogP contribution in [0.15, 0.2) is 42.5 Å². The van der Waals surface area contributed by atoms with E-state index in [2.05, 4.69) is 5.32 Å². The van der Waals surface area contributed by atoms with Crippen molar-refractivity contribution in [3.63, 3.8) is 0 Å². The number of rotatable bonds is 7. The van der Waals surface area contributed by atoms with Gasteiger partial charge in [0.25, 0.3) is 0 Å². The smallest absolute Gasteiger partial charge is 0.342 e. The average Bonchev–Trinajstić information content (AvgIpc) is 3.38. The number of anilines is 1. The Balaban J connectivity index is 1.41. The van der Waals surface area contributed by atoms with Crippen LogP contribution in [-0.4, -0.2) is 66.9 Å². The summed E-state index contributed by atoms with van der Waals surface area (Å²) in [5.74, 6) is -1.74. The molecule has 0 aliphatic carbocycles. The van der Waals surface area contributed by atoms with Crippen LogP contribution >= 0.6 is 0 Å². The van der Waals surface area contributed by atoms with Crippen molar-refractivity contribution in [1.82, 2.24) is 0 Å². The fourth-order valence-electron chi connectivity index (χ4n) is 4.15. The molecule has 186 valence electrons. The normalized spacial score (nSPS) is 23.8. The van der Waals surface area contributed by atoms with Gasteiger partial charge in [-0.15, -0.1) is 0 Å². The average molecular weight is 485 g/mol. The molecule has 0 saturated carbocycles. The van der Waals surface area contributed by atoms with Gasteiger partial charge in [0, 0.05) is 6.92 Å². The highest BCUT2D eigenvalue weighted by Gasteiger charge is 2.51. The first kappa shape index (κ1) is 24.6. The summed E-state index contributed by atoms with van der Waals surface area (Å²) in [6.45, 7) is 4.74. The number of aliphatic hydroxyl groups excluding tert-OH is 1. The van der Waals surface area contributed by atoms with E-state index in [4.69, 9.17) is 23.7 Å². The molecule has 2 aromatic rings. The molecular formula is C25H27NO9. The van der Waals surface area contributed by atoms with Crippen LogP contribution in [0.5, 0.6) is 5.75 Å². The van der Waals surface area contributed by atoms with Crippen molar-refractivity contribution in [3.8, 4) is 5.75 Å². The molecule has 2 unspecified atom stereocenters. The van der Waals surface area contributed by atoms with E-state index < -0.39 is 48.6 Å². The van der Waals surface area contributed by atoms with Gasteiger partial charge in [0.1, 0.15) is 29.7 Å². The van der Waals surface area contributed by atoms with Crippen molar-refractivity contribution >= 4 is 23.6 Å². The van der Waals surface area contributed by atoms with E-state index >= 15 is 0 Å². The van der Waals surface area contributed by atoms with Crippen molar-refractivity contribution in [1.29, 1.82) is 0 Å². The molecule has 35 heavy (non-hydrogen) atoms. The lowest BCUT2D eigenvalue weighted by Gasteiger charge is -2.20. The first-order chi connectivity index (χ1) is 16.7. The number of benzene rings is 2. The third-order valence-corrected chi connectivity index (χ3v) is 5.69. The number of aliphatic hydroxyl groups is 1. The second-order valence-electron chi connectivity index (χ2n) is 8.39. The van der Waals surface area contributed by atoms with E-state index in [1.807, 2.05) is 13.0 Å². The van der Waals surface area contributed by atoms with Gasteiger partial charge in [0.15, 0.2) is 12.2 Å². The fourth-order valence-corrected chi connectivity index (χ4v) is 4.15. The summed E-state index contributed by atoms with van der Waals surface area (Å²) in [5.41, 5.74) is 1.63. The number of nitrogens with one attached hydrogen (secondary N) is 1. The SMILES string of the molecule is CC(=O)Oc1ccccc1C(=O)OC1CO[C@H]2[C@@H]1OC[C@H]2OC(=O)c1cccc(C)c1NC(C)O. The van der Waals surface area contributed by atoms with Crippen LogP contribution < -0.4 is 10.1 Å². The molecule has 2 aliphatic rings.